The van der Waals surface area contributed by atoms with Crippen LogP contribution in [0.5, 0.6) is 0 Å². The molecule has 0 aliphatic rings. The van der Waals surface area contributed by atoms with Crippen LogP contribution in [0, 0.1) is 5.82 Å². The summed E-state index contributed by atoms with van der Waals surface area (Å²) in [5.41, 5.74) is -0.633. The van der Waals surface area contributed by atoms with Gasteiger partial charge in [0.15, 0.2) is 5.69 Å². The first-order valence-electron chi connectivity index (χ1n) is 8.48. The number of carbonyl (C=O) groups is 2. The molecule has 10 heteroatoms. The van der Waals surface area contributed by atoms with Gasteiger partial charge in [0.05, 0.1) is 6.61 Å². The number of ether oxygens (including phenoxy) is 1. The molecule has 7 nitrogen and oxygen atoms in total. The summed E-state index contributed by atoms with van der Waals surface area (Å²) in [5.74, 6) is -1.82. The molecule has 0 spiro atoms. The molecule has 1 N–H and O–H groups in total. The van der Waals surface area contributed by atoms with E-state index in [2.05, 4.69) is 14.9 Å². The maximum Gasteiger partial charge on any atom is 0.276 e. The van der Waals surface area contributed by atoms with Crippen molar-refractivity contribution in [3.8, 4) is 0 Å². The predicted molar refractivity (Wildman–Crippen MR) is 105 cm³/mol. The van der Waals surface area contributed by atoms with Gasteiger partial charge in [0, 0.05) is 35.2 Å². The van der Waals surface area contributed by atoms with E-state index >= 15 is 0 Å². The van der Waals surface area contributed by atoms with Gasteiger partial charge in [0.1, 0.15) is 11.9 Å². The third-order valence-corrected chi connectivity index (χ3v) is 4.54. The van der Waals surface area contributed by atoms with Crippen LogP contribution in [0.2, 0.25) is 5.02 Å². The van der Waals surface area contributed by atoms with Gasteiger partial charge in [0.2, 0.25) is 5.91 Å². The topological polar surface area (TPSA) is 84.4 Å². The Labute approximate surface area is 172 Å². The van der Waals surface area contributed by atoms with Crippen molar-refractivity contribution in [3.63, 3.8) is 0 Å². The number of hydrogen-bond acceptors (Lipinski definition) is 6. The first kappa shape index (κ1) is 22.2. The molecule has 1 atom stereocenters. The molecule has 28 heavy (non-hydrogen) atoms. The second-order valence-electron chi connectivity index (χ2n) is 7.06. The molecule has 0 fully saturated rings. The summed E-state index contributed by atoms with van der Waals surface area (Å²) in [6, 6.07) is 2.80. The Morgan fingerprint density at radius 2 is 2.11 bits per heavy atom. The molecule has 2 amide bonds. The lowest BCUT2D eigenvalue weighted by atomic mass is 10.0. The molecule has 152 valence electrons. The van der Waals surface area contributed by atoms with Crippen molar-refractivity contribution in [2.45, 2.75) is 32.4 Å². The number of rotatable bonds is 7. The number of carbonyl (C=O) groups excluding carboxylic acids is 2. The Hall–Kier alpha value is -2.10. The lowest BCUT2D eigenvalue weighted by molar-refractivity contribution is -0.127. The van der Waals surface area contributed by atoms with Crippen LogP contribution in [0.15, 0.2) is 23.6 Å². The molecule has 0 bridgehead atoms. The Balaban J connectivity index is 2.58. The van der Waals surface area contributed by atoms with E-state index in [-0.39, 0.29) is 29.4 Å². The molecular weight excluding hydrogens is 407 g/mol. The highest BCUT2D eigenvalue weighted by molar-refractivity contribution is 7.03. The molecule has 2 aromatic rings. The van der Waals surface area contributed by atoms with Gasteiger partial charge in [-0.2, -0.15) is 0 Å². The zero-order valence-corrected chi connectivity index (χ0v) is 17.6. The molecule has 1 heterocycles. The fourth-order valence-corrected chi connectivity index (χ4v) is 3.28. The van der Waals surface area contributed by atoms with Gasteiger partial charge in [-0.3, -0.25) is 9.59 Å². The van der Waals surface area contributed by atoms with Gasteiger partial charge in [0.25, 0.3) is 5.91 Å². The maximum atomic E-state index is 14.7. The number of benzene rings is 1. The van der Waals surface area contributed by atoms with E-state index in [0.717, 1.165) is 11.5 Å². The van der Waals surface area contributed by atoms with Crippen LogP contribution in [-0.2, 0) is 9.53 Å². The minimum Gasteiger partial charge on any atom is -0.383 e. The minimum absolute atomic E-state index is 0.0275. The summed E-state index contributed by atoms with van der Waals surface area (Å²) in [7, 11) is 1.47. The van der Waals surface area contributed by atoms with Gasteiger partial charge in [-0.1, -0.05) is 22.2 Å². The number of nitrogens with zero attached hydrogens (tertiary/aromatic N) is 3. The van der Waals surface area contributed by atoms with Crippen LogP contribution in [0.3, 0.4) is 0 Å². The van der Waals surface area contributed by atoms with Gasteiger partial charge in [-0.05, 0) is 44.4 Å². The highest BCUT2D eigenvalue weighted by Crippen LogP contribution is 2.32. The van der Waals surface area contributed by atoms with Crippen LogP contribution in [0.1, 0.15) is 42.9 Å². The normalized spacial score (nSPS) is 12.5. The van der Waals surface area contributed by atoms with Crippen molar-refractivity contribution >= 4 is 34.9 Å². The molecule has 2 rings (SSSR count). The number of aromatic nitrogens is 2. The Morgan fingerprint density at radius 3 is 2.64 bits per heavy atom. The van der Waals surface area contributed by atoms with Crippen LogP contribution in [-0.4, -0.2) is 52.1 Å². The molecule has 0 saturated carbocycles. The molecule has 1 aromatic carbocycles. The zero-order chi connectivity index (χ0) is 20.9. The largest absolute Gasteiger partial charge is 0.383 e. The molecular formula is C18H22ClFN4O3S. The highest BCUT2D eigenvalue weighted by Gasteiger charge is 2.37. The van der Waals surface area contributed by atoms with Crippen LogP contribution < -0.4 is 5.32 Å². The summed E-state index contributed by atoms with van der Waals surface area (Å²) in [6.07, 6.45) is 0. The van der Waals surface area contributed by atoms with E-state index in [4.69, 9.17) is 16.3 Å². The Morgan fingerprint density at radius 1 is 1.39 bits per heavy atom. The monoisotopic (exact) mass is 428 g/mol. The maximum absolute atomic E-state index is 14.7. The average Bonchev–Trinajstić information content (AvgIpc) is 3.12. The minimum atomic E-state index is -1.31. The summed E-state index contributed by atoms with van der Waals surface area (Å²) < 4.78 is 23.5. The smallest absolute Gasteiger partial charge is 0.276 e. The van der Waals surface area contributed by atoms with Gasteiger partial charge < -0.3 is 15.0 Å². The van der Waals surface area contributed by atoms with Crippen LogP contribution >= 0.6 is 23.1 Å². The highest BCUT2D eigenvalue weighted by atomic mass is 35.5. The fourth-order valence-electron chi connectivity index (χ4n) is 2.58. The lowest BCUT2D eigenvalue weighted by Gasteiger charge is -2.33. The average molecular weight is 429 g/mol. The van der Waals surface area contributed by atoms with Crippen molar-refractivity contribution in [1.82, 2.24) is 19.8 Å². The number of amides is 2. The molecule has 0 aliphatic heterocycles. The Kier molecular flexibility index (Phi) is 7.45. The Bertz CT molecular complexity index is 806. The molecule has 0 saturated heterocycles. The van der Waals surface area contributed by atoms with Crippen LogP contribution in [0.25, 0.3) is 0 Å². The van der Waals surface area contributed by atoms with Gasteiger partial charge >= 0.3 is 0 Å². The first-order valence-corrected chi connectivity index (χ1v) is 9.70. The van der Waals surface area contributed by atoms with E-state index in [1.807, 2.05) is 0 Å². The second kappa shape index (κ2) is 9.40. The third-order valence-electron chi connectivity index (χ3n) is 3.71. The first-order chi connectivity index (χ1) is 13.2. The molecule has 0 radical (unpaired) electrons. The number of hydrogen-bond donors (Lipinski definition) is 1. The van der Waals surface area contributed by atoms with E-state index < -0.39 is 29.2 Å². The van der Waals surface area contributed by atoms with Crippen molar-refractivity contribution in [3.05, 3.63) is 45.7 Å². The van der Waals surface area contributed by atoms with Crippen molar-refractivity contribution < 1.29 is 18.7 Å². The van der Waals surface area contributed by atoms with E-state index in [1.165, 1.54) is 35.6 Å². The van der Waals surface area contributed by atoms with E-state index in [9.17, 15) is 14.0 Å². The van der Waals surface area contributed by atoms with Gasteiger partial charge in [-0.15, -0.1) is 5.10 Å². The number of halogens is 2. The lowest BCUT2D eigenvalue weighted by Crippen LogP contribution is -2.50. The number of nitrogens with one attached hydrogen (secondary N) is 1. The summed E-state index contributed by atoms with van der Waals surface area (Å²) in [6.45, 7) is 5.53. The summed E-state index contributed by atoms with van der Waals surface area (Å²) >= 11 is 7.23. The second-order valence-corrected chi connectivity index (χ2v) is 8.08. The summed E-state index contributed by atoms with van der Waals surface area (Å²) in [5, 5.41) is 8.08. The standard InChI is InChI=1S/C18H22ClFN4O3S/c1-18(2,3)21-16(25)15(14-11(19)6-5-7-12(14)20)24(8-9-27-4)17(26)13-10-28-23-22-13/h5-7,10,15H,8-9H2,1-4H3,(H,21,25)/t15-/m0/s1. The molecule has 0 aliphatic carbocycles. The van der Waals surface area contributed by atoms with Crippen molar-refractivity contribution in [1.29, 1.82) is 0 Å². The number of methoxy groups -OCH3 is 1. The van der Waals surface area contributed by atoms with E-state index in [1.54, 1.807) is 20.8 Å². The SMILES string of the molecule is COCCN(C(=O)c1csnn1)[C@H](C(=O)NC(C)(C)C)c1c(F)cccc1Cl. The quantitative estimate of drug-likeness (QED) is 0.732. The van der Waals surface area contributed by atoms with Crippen LogP contribution in [0.4, 0.5) is 4.39 Å². The fraction of sp³-hybridized carbons (Fsp3) is 0.444. The van der Waals surface area contributed by atoms with Gasteiger partial charge in [-0.25, -0.2) is 4.39 Å². The van der Waals surface area contributed by atoms with E-state index in [0.29, 0.717) is 0 Å². The molecule has 0 unspecified atom stereocenters. The summed E-state index contributed by atoms with van der Waals surface area (Å²) in [4.78, 5) is 27.4. The van der Waals surface area contributed by atoms with Crippen molar-refractivity contribution in [2.75, 3.05) is 20.3 Å². The third kappa shape index (κ3) is 5.46. The van der Waals surface area contributed by atoms with Crippen molar-refractivity contribution in [2.24, 2.45) is 0 Å². The predicted octanol–water partition coefficient (Wildman–Crippen LogP) is 3.08. The molecule has 1 aromatic heterocycles. The zero-order valence-electron chi connectivity index (χ0n) is 16.0.